The van der Waals surface area contributed by atoms with Gasteiger partial charge in [0.05, 0.1) is 0 Å². The van der Waals surface area contributed by atoms with Gasteiger partial charge in [-0.05, 0) is 45.3 Å². The predicted octanol–water partition coefficient (Wildman–Crippen LogP) is 8.08. The second-order valence-corrected chi connectivity index (χ2v) is 9.69. The molecular weight excluding hydrogens is 455 g/mol. The first-order chi connectivity index (χ1) is 18.9. The lowest BCUT2D eigenvalue weighted by molar-refractivity contribution is 1.37. The van der Waals surface area contributed by atoms with Crippen molar-refractivity contribution in [2.75, 3.05) is 0 Å². The molecule has 0 aliphatic rings. The van der Waals surface area contributed by atoms with Gasteiger partial charge in [0.25, 0.3) is 0 Å². The minimum Gasteiger partial charge on any atom is -0.0668 e. The van der Waals surface area contributed by atoms with Crippen molar-refractivity contribution in [3.63, 3.8) is 0 Å². The Labute approximate surface area is 226 Å². The van der Waals surface area contributed by atoms with E-state index in [0.29, 0.717) is 0 Å². The van der Waals surface area contributed by atoms with E-state index in [1.54, 1.807) is 0 Å². The zero-order valence-electron chi connectivity index (χ0n) is 21.4. The number of benzene rings is 6. The van der Waals surface area contributed by atoms with Crippen LogP contribution in [0.4, 0.5) is 0 Å². The Balaban J connectivity index is 1.56. The molecule has 0 aliphatic carbocycles. The quantitative estimate of drug-likeness (QED) is 0.201. The van der Waals surface area contributed by atoms with Gasteiger partial charge in [0.1, 0.15) is 0 Å². The van der Waals surface area contributed by atoms with Gasteiger partial charge >= 0.3 is 0 Å². The molecule has 0 radical (unpaired) electrons. The third-order valence-electron chi connectivity index (χ3n) is 7.37. The van der Waals surface area contributed by atoms with Crippen LogP contribution in [0.1, 0.15) is 5.56 Å². The average Bonchev–Trinajstić information content (AvgIpc) is 3.01. The van der Waals surface area contributed by atoms with Crippen molar-refractivity contribution >= 4 is 17.6 Å². The molecule has 6 aromatic carbocycles. The molecule has 0 fully saturated rings. The van der Waals surface area contributed by atoms with Gasteiger partial charge in [-0.3, -0.25) is 0 Å². The molecule has 0 spiro atoms. The molecule has 0 aliphatic heterocycles. The van der Waals surface area contributed by atoms with Crippen LogP contribution in [0.3, 0.4) is 0 Å². The van der Waals surface area contributed by atoms with Crippen molar-refractivity contribution in [3.05, 3.63) is 169 Å². The summed E-state index contributed by atoms with van der Waals surface area (Å²) in [4.78, 5) is 0. The van der Waals surface area contributed by atoms with E-state index in [1.807, 2.05) is 0 Å². The van der Waals surface area contributed by atoms with Crippen LogP contribution < -0.4 is 10.9 Å². The lowest BCUT2D eigenvalue weighted by atomic mass is 9.36. The van der Waals surface area contributed by atoms with Crippen LogP contribution in [-0.2, 0) is 6.32 Å². The summed E-state index contributed by atoms with van der Waals surface area (Å²) in [5, 5.41) is 0. The molecule has 180 valence electrons. The van der Waals surface area contributed by atoms with Gasteiger partial charge in [0.15, 0.2) is 0 Å². The van der Waals surface area contributed by atoms with Crippen molar-refractivity contribution in [2.24, 2.45) is 0 Å². The Hall–Kier alpha value is -4.62. The summed E-state index contributed by atoms with van der Waals surface area (Å²) < 4.78 is 0. The molecule has 0 saturated carbocycles. The summed E-state index contributed by atoms with van der Waals surface area (Å²) in [6.07, 6.45) is 0.902. The van der Waals surface area contributed by atoms with Crippen LogP contribution >= 0.6 is 0 Å². The van der Waals surface area contributed by atoms with Crippen LogP contribution in [0.15, 0.2) is 164 Å². The van der Waals surface area contributed by atoms with E-state index in [4.69, 9.17) is 0 Å². The van der Waals surface area contributed by atoms with Gasteiger partial charge < -0.3 is 0 Å². The first-order valence-electron chi connectivity index (χ1n) is 13.3. The Kier molecular flexibility index (Phi) is 7.00. The topological polar surface area (TPSA) is 0 Å². The molecule has 6 rings (SSSR count). The fourth-order valence-electron chi connectivity index (χ4n) is 5.57. The minimum atomic E-state index is 0.174. The smallest absolute Gasteiger partial charge is 0.0668 e. The van der Waals surface area contributed by atoms with Crippen molar-refractivity contribution in [3.8, 4) is 33.4 Å². The summed E-state index contributed by atoms with van der Waals surface area (Å²) in [7, 11) is 0. The first-order valence-corrected chi connectivity index (χ1v) is 13.3. The maximum atomic E-state index is 2.32. The van der Waals surface area contributed by atoms with E-state index in [0.717, 1.165) is 6.32 Å². The third kappa shape index (κ3) is 4.97. The second kappa shape index (κ2) is 11.2. The molecule has 0 N–H and O–H groups in total. The highest BCUT2D eigenvalue weighted by molar-refractivity contribution is 6.86. The maximum Gasteiger partial charge on any atom is 0.215 e. The fraction of sp³-hybridized carbons (Fsp3) is 0.0270. The largest absolute Gasteiger partial charge is 0.215 e. The van der Waals surface area contributed by atoms with E-state index in [2.05, 4.69) is 164 Å². The Morgan fingerprint density at radius 2 is 0.658 bits per heavy atom. The molecule has 0 aromatic heterocycles. The predicted molar refractivity (Wildman–Crippen MR) is 164 cm³/mol. The molecular formula is C37H29B. The molecule has 0 amide bonds. The van der Waals surface area contributed by atoms with Gasteiger partial charge in [-0.2, -0.15) is 0 Å². The molecule has 0 unspecified atom stereocenters. The van der Waals surface area contributed by atoms with Gasteiger partial charge in [-0.25, -0.2) is 0 Å². The van der Waals surface area contributed by atoms with E-state index in [1.165, 1.54) is 49.9 Å². The number of rotatable bonds is 7. The van der Waals surface area contributed by atoms with Crippen LogP contribution in [0.2, 0.25) is 0 Å². The molecule has 38 heavy (non-hydrogen) atoms. The zero-order chi connectivity index (χ0) is 25.6. The maximum absolute atomic E-state index is 2.32. The Morgan fingerprint density at radius 3 is 1.13 bits per heavy atom. The van der Waals surface area contributed by atoms with Crippen LogP contribution in [-0.4, -0.2) is 6.71 Å². The number of hydrogen-bond donors (Lipinski definition) is 0. The summed E-state index contributed by atoms with van der Waals surface area (Å²) in [6.45, 7) is 0.174. The monoisotopic (exact) mass is 484 g/mol. The van der Waals surface area contributed by atoms with Crippen molar-refractivity contribution in [1.29, 1.82) is 0 Å². The highest BCUT2D eigenvalue weighted by atomic mass is 14.1. The minimum absolute atomic E-state index is 0.174. The second-order valence-electron chi connectivity index (χ2n) is 9.69. The Bertz CT molecular complexity index is 1540. The van der Waals surface area contributed by atoms with Crippen molar-refractivity contribution in [1.82, 2.24) is 0 Å². The van der Waals surface area contributed by atoms with Crippen LogP contribution in [0.25, 0.3) is 33.4 Å². The van der Waals surface area contributed by atoms with Crippen LogP contribution in [0.5, 0.6) is 0 Å². The molecule has 0 atom stereocenters. The normalized spacial score (nSPS) is 10.7. The lowest BCUT2D eigenvalue weighted by Gasteiger charge is -2.23. The molecule has 0 saturated heterocycles. The molecule has 0 nitrogen and oxygen atoms in total. The van der Waals surface area contributed by atoms with E-state index >= 15 is 0 Å². The van der Waals surface area contributed by atoms with E-state index in [9.17, 15) is 0 Å². The molecule has 6 aromatic rings. The highest BCUT2D eigenvalue weighted by Gasteiger charge is 2.26. The van der Waals surface area contributed by atoms with E-state index < -0.39 is 0 Å². The summed E-state index contributed by atoms with van der Waals surface area (Å²) >= 11 is 0. The summed E-state index contributed by atoms with van der Waals surface area (Å²) in [5.74, 6) is 0. The van der Waals surface area contributed by atoms with Gasteiger partial charge in [-0.1, -0.05) is 175 Å². The van der Waals surface area contributed by atoms with Gasteiger partial charge in [0, 0.05) is 0 Å². The molecule has 0 heterocycles. The van der Waals surface area contributed by atoms with Gasteiger partial charge in [-0.15, -0.1) is 0 Å². The number of hydrogen-bond acceptors (Lipinski definition) is 0. The fourth-order valence-corrected chi connectivity index (χ4v) is 5.57. The van der Waals surface area contributed by atoms with Crippen molar-refractivity contribution in [2.45, 2.75) is 6.32 Å². The van der Waals surface area contributed by atoms with Crippen LogP contribution in [0, 0.1) is 0 Å². The summed E-state index contributed by atoms with van der Waals surface area (Å²) in [5.41, 5.74) is 11.7. The van der Waals surface area contributed by atoms with Gasteiger partial charge in [0.2, 0.25) is 6.71 Å². The van der Waals surface area contributed by atoms with E-state index in [-0.39, 0.29) is 6.71 Å². The molecule has 0 bridgehead atoms. The summed E-state index contributed by atoms with van der Waals surface area (Å²) in [6, 6.07) is 59.1. The third-order valence-corrected chi connectivity index (χ3v) is 7.37. The zero-order valence-corrected chi connectivity index (χ0v) is 21.4. The first kappa shape index (κ1) is 23.8. The van der Waals surface area contributed by atoms with Crippen molar-refractivity contribution < 1.29 is 0 Å². The average molecular weight is 484 g/mol. The highest BCUT2D eigenvalue weighted by Crippen LogP contribution is 2.27. The Morgan fingerprint density at radius 1 is 0.316 bits per heavy atom. The standard InChI is InChI=1S/C37H29B/c1-4-16-29(17-5-1)33-23-11-10-22-32(33)28-38(36-26-14-12-24-34(36)30-18-6-2-7-19-30)37-27-15-13-25-35(37)31-20-8-3-9-21-31/h1-27H,28H2. The lowest BCUT2D eigenvalue weighted by Crippen LogP contribution is -2.46. The molecule has 1 heteroatoms. The SMILES string of the molecule is c1ccc(-c2ccccc2CB(c2ccccc2-c2ccccc2)c2ccccc2-c2ccccc2)cc1.